The van der Waals surface area contributed by atoms with Gasteiger partial charge in [0, 0.05) is 31.9 Å². The van der Waals surface area contributed by atoms with Crippen molar-refractivity contribution in [2.24, 2.45) is 0 Å². The molecule has 26 heavy (non-hydrogen) atoms. The minimum Gasteiger partial charge on any atom is -0.453 e. The van der Waals surface area contributed by atoms with Gasteiger partial charge in [0.2, 0.25) is 0 Å². The number of hydrogen-bond donors (Lipinski definition) is 1. The molecule has 0 saturated carbocycles. The molecule has 1 fully saturated rings. The van der Waals surface area contributed by atoms with Gasteiger partial charge in [-0.05, 0) is 17.7 Å². The number of piperazine rings is 1. The summed E-state index contributed by atoms with van der Waals surface area (Å²) in [5, 5.41) is 9.97. The maximum Gasteiger partial charge on any atom is 0.340 e. The normalized spacial score (nSPS) is 15.4. The van der Waals surface area contributed by atoms with Gasteiger partial charge in [0.1, 0.15) is 0 Å². The minimum absolute atomic E-state index is 0.244. The van der Waals surface area contributed by atoms with E-state index in [1.807, 2.05) is 30.3 Å². The number of ether oxygens (including phenoxy) is 1. The molecule has 3 rings (SSSR count). The van der Waals surface area contributed by atoms with E-state index >= 15 is 0 Å². The Bertz CT molecular complexity index is 728. The molecule has 1 heterocycles. The first kappa shape index (κ1) is 17.9. The van der Waals surface area contributed by atoms with E-state index in [-0.39, 0.29) is 12.5 Å². The van der Waals surface area contributed by atoms with Crippen LogP contribution in [0.5, 0.6) is 0 Å². The molecule has 136 valence electrons. The molecule has 1 aliphatic rings. The molecule has 0 aromatic heterocycles. The number of carbonyl (C=O) groups is 2. The highest BCUT2D eigenvalue weighted by Crippen LogP contribution is 2.16. The third-order valence-electron chi connectivity index (χ3n) is 4.43. The van der Waals surface area contributed by atoms with E-state index in [0.717, 1.165) is 18.8 Å². The summed E-state index contributed by atoms with van der Waals surface area (Å²) >= 11 is 0. The van der Waals surface area contributed by atoms with Crippen molar-refractivity contribution in [3.05, 3.63) is 66.2 Å². The van der Waals surface area contributed by atoms with Gasteiger partial charge in [-0.25, -0.2) is 4.79 Å². The Balaban J connectivity index is 1.45. The van der Waals surface area contributed by atoms with Gasteiger partial charge >= 0.3 is 5.97 Å². The summed E-state index contributed by atoms with van der Waals surface area (Å²) < 4.78 is 4.99. The summed E-state index contributed by atoms with van der Waals surface area (Å²) in [6, 6.07) is 18.6. The second kappa shape index (κ2) is 8.49. The zero-order chi connectivity index (χ0) is 18.4. The average Bonchev–Trinajstić information content (AvgIpc) is 2.72. The number of aliphatic hydroxyl groups is 1. The molecule has 6 nitrogen and oxygen atoms in total. The Hall–Kier alpha value is -2.86. The zero-order valence-electron chi connectivity index (χ0n) is 14.5. The Morgan fingerprint density at radius 1 is 0.923 bits per heavy atom. The number of anilines is 1. The van der Waals surface area contributed by atoms with E-state index in [4.69, 9.17) is 4.74 Å². The van der Waals surface area contributed by atoms with Crippen molar-refractivity contribution in [1.29, 1.82) is 0 Å². The molecule has 1 aliphatic heterocycles. The molecule has 0 aliphatic carbocycles. The first-order valence-corrected chi connectivity index (χ1v) is 8.62. The molecule has 1 N–H and O–H groups in total. The lowest BCUT2D eigenvalue weighted by atomic mass is 10.1. The van der Waals surface area contributed by atoms with E-state index in [1.165, 1.54) is 0 Å². The van der Waals surface area contributed by atoms with E-state index in [9.17, 15) is 14.7 Å². The second-order valence-electron chi connectivity index (χ2n) is 6.12. The molecule has 1 atom stereocenters. The van der Waals surface area contributed by atoms with E-state index < -0.39 is 12.1 Å². The molecule has 6 heteroatoms. The standard InChI is InChI=1S/C20H22N2O4/c23-18(15-26-20(25)19(24)16-7-3-1-4-8-16)22-13-11-21(12-14-22)17-9-5-2-6-10-17/h1-10,19,24H,11-15H2/t19-/m0/s1. The molecule has 0 unspecified atom stereocenters. The summed E-state index contributed by atoms with van der Waals surface area (Å²) in [5.74, 6) is -1.06. The van der Waals surface area contributed by atoms with Crippen LogP contribution in [0.2, 0.25) is 0 Å². The lowest BCUT2D eigenvalue weighted by molar-refractivity contribution is -0.159. The predicted molar refractivity (Wildman–Crippen MR) is 97.6 cm³/mol. The monoisotopic (exact) mass is 354 g/mol. The molecular weight excluding hydrogens is 332 g/mol. The Morgan fingerprint density at radius 3 is 2.12 bits per heavy atom. The van der Waals surface area contributed by atoms with Gasteiger partial charge in [0.15, 0.2) is 12.7 Å². The van der Waals surface area contributed by atoms with Crippen molar-refractivity contribution >= 4 is 17.6 Å². The van der Waals surface area contributed by atoms with Crippen molar-refractivity contribution in [2.45, 2.75) is 6.10 Å². The summed E-state index contributed by atoms with van der Waals surface area (Å²) in [6.07, 6.45) is -1.38. The number of esters is 1. The molecule has 0 bridgehead atoms. The number of nitrogens with zero attached hydrogens (tertiary/aromatic N) is 2. The molecule has 1 amide bonds. The number of carbonyl (C=O) groups excluding carboxylic acids is 2. The topological polar surface area (TPSA) is 70.1 Å². The van der Waals surface area contributed by atoms with Gasteiger partial charge in [0.25, 0.3) is 5.91 Å². The average molecular weight is 354 g/mol. The van der Waals surface area contributed by atoms with Crippen LogP contribution in [0.3, 0.4) is 0 Å². The van der Waals surface area contributed by atoms with Gasteiger partial charge in [-0.3, -0.25) is 4.79 Å². The van der Waals surface area contributed by atoms with Crippen LogP contribution in [0, 0.1) is 0 Å². The van der Waals surface area contributed by atoms with Gasteiger partial charge < -0.3 is 19.6 Å². The number of hydrogen-bond acceptors (Lipinski definition) is 5. The summed E-state index contributed by atoms with van der Waals surface area (Å²) in [7, 11) is 0. The molecule has 0 spiro atoms. The van der Waals surface area contributed by atoms with Gasteiger partial charge in [0.05, 0.1) is 0 Å². The van der Waals surface area contributed by atoms with Crippen LogP contribution in [0.1, 0.15) is 11.7 Å². The highest BCUT2D eigenvalue weighted by Gasteiger charge is 2.24. The molecule has 0 radical (unpaired) electrons. The van der Waals surface area contributed by atoms with Crippen molar-refractivity contribution in [1.82, 2.24) is 4.90 Å². The minimum atomic E-state index is -1.38. The molecule has 1 saturated heterocycles. The number of rotatable bonds is 5. The third-order valence-corrected chi connectivity index (χ3v) is 4.43. The Morgan fingerprint density at radius 2 is 1.50 bits per heavy atom. The molecule has 2 aromatic rings. The van der Waals surface area contributed by atoms with Crippen molar-refractivity contribution in [3.63, 3.8) is 0 Å². The van der Waals surface area contributed by atoms with Gasteiger partial charge in [-0.2, -0.15) is 0 Å². The van der Waals surface area contributed by atoms with Crippen molar-refractivity contribution < 1.29 is 19.4 Å². The van der Waals surface area contributed by atoms with E-state index in [0.29, 0.717) is 18.7 Å². The number of benzene rings is 2. The van der Waals surface area contributed by atoms with Crippen LogP contribution in [-0.2, 0) is 14.3 Å². The summed E-state index contributed by atoms with van der Waals surface area (Å²) in [4.78, 5) is 28.1. The highest BCUT2D eigenvalue weighted by atomic mass is 16.5. The predicted octanol–water partition coefficient (Wildman–Crippen LogP) is 1.61. The van der Waals surface area contributed by atoms with Crippen LogP contribution in [0.25, 0.3) is 0 Å². The SMILES string of the molecule is O=C(OCC(=O)N1CCN(c2ccccc2)CC1)[C@@H](O)c1ccccc1. The smallest absolute Gasteiger partial charge is 0.340 e. The van der Waals surface area contributed by atoms with Crippen molar-refractivity contribution in [3.8, 4) is 0 Å². The summed E-state index contributed by atoms with van der Waals surface area (Å²) in [5.41, 5.74) is 1.58. The van der Waals surface area contributed by atoms with Crippen LogP contribution < -0.4 is 4.90 Å². The Kier molecular flexibility index (Phi) is 5.86. The fraction of sp³-hybridized carbons (Fsp3) is 0.300. The summed E-state index contributed by atoms with van der Waals surface area (Å²) in [6.45, 7) is 2.26. The fourth-order valence-corrected chi connectivity index (χ4v) is 2.93. The van der Waals surface area contributed by atoms with Crippen LogP contribution in [-0.4, -0.2) is 54.7 Å². The number of aliphatic hydroxyl groups excluding tert-OH is 1. The largest absolute Gasteiger partial charge is 0.453 e. The molecular formula is C20H22N2O4. The van der Waals surface area contributed by atoms with Gasteiger partial charge in [-0.1, -0.05) is 48.5 Å². The Labute approximate surface area is 152 Å². The van der Waals surface area contributed by atoms with Crippen LogP contribution in [0.15, 0.2) is 60.7 Å². The second-order valence-corrected chi connectivity index (χ2v) is 6.12. The van der Waals surface area contributed by atoms with Crippen LogP contribution in [0.4, 0.5) is 5.69 Å². The third kappa shape index (κ3) is 4.40. The van der Waals surface area contributed by atoms with E-state index in [1.54, 1.807) is 35.2 Å². The fourth-order valence-electron chi connectivity index (χ4n) is 2.93. The van der Waals surface area contributed by atoms with Gasteiger partial charge in [-0.15, -0.1) is 0 Å². The highest BCUT2D eigenvalue weighted by molar-refractivity contribution is 5.82. The first-order chi connectivity index (χ1) is 12.6. The zero-order valence-corrected chi connectivity index (χ0v) is 14.5. The van der Waals surface area contributed by atoms with Crippen LogP contribution >= 0.6 is 0 Å². The lowest BCUT2D eigenvalue weighted by Crippen LogP contribution is -2.50. The number of amides is 1. The first-order valence-electron chi connectivity index (χ1n) is 8.62. The molecule has 2 aromatic carbocycles. The number of para-hydroxylation sites is 1. The maximum atomic E-state index is 12.3. The maximum absolute atomic E-state index is 12.3. The lowest BCUT2D eigenvalue weighted by Gasteiger charge is -2.36. The van der Waals surface area contributed by atoms with Crippen molar-refractivity contribution in [2.75, 3.05) is 37.7 Å². The quantitative estimate of drug-likeness (QED) is 0.826. The van der Waals surface area contributed by atoms with E-state index in [2.05, 4.69) is 4.90 Å².